The standard InChI is InChI=1S/C19H20N2O3S/c1-13-4-3-5-15(8-13)12-25(23,24)20-11-17-10-16-9-14(2)6-7-18(16)21-19(17)22/h3-10,20H,11-12H2,1-2H3,(H,21,22). The van der Waals surface area contributed by atoms with Gasteiger partial charge in [0.15, 0.2) is 0 Å². The molecule has 0 unspecified atom stereocenters. The van der Waals surface area contributed by atoms with Crippen molar-refractivity contribution in [3.63, 3.8) is 0 Å². The first-order valence-electron chi connectivity index (χ1n) is 7.98. The van der Waals surface area contributed by atoms with Gasteiger partial charge in [-0.2, -0.15) is 0 Å². The summed E-state index contributed by atoms with van der Waals surface area (Å²) in [6.45, 7) is 3.85. The molecule has 130 valence electrons. The summed E-state index contributed by atoms with van der Waals surface area (Å²) in [7, 11) is -3.53. The van der Waals surface area contributed by atoms with Gasteiger partial charge in [-0.3, -0.25) is 4.79 Å². The molecule has 6 heteroatoms. The van der Waals surface area contributed by atoms with Gasteiger partial charge in [0.25, 0.3) is 5.56 Å². The van der Waals surface area contributed by atoms with Crippen LogP contribution in [0.15, 0.2) is 53.3 Å². The van der Waals surface area contributed by atoms with E-state index in [0.717, 1.165) is 27.6 Å². The quantitative estimate of drug-likeness (QED) is 0.738. The molecule has 0 atom stereocenters. The van der Waals surface area contributed by atoms with E-state index in [9.17, 15) is 13.2 Å². The molecule has 2 aromatic carbocycles. The average Bonchev–Trinajstić information content (AvgIpc) is 2.53. The number of rotatable bonds is 5. The average molecular weight is 356 g/mol. The molecule has 1 aromatic heterocycles. The van der Waals surface area contributed by atoms with E-state index >= 15 is 0 Å². The zero-order chi connectivity index (χ0) is 18.0. The number of aromatic nitrogens is 1. The topological polar surface area (TPSA) is 79.0 Å². The molecule has 3 rings (SSSR count). The summed E-state index contributed by atoms with van der Waals surface area (Å²) in [5.74, 6) is -0.112. The Bertz CT molecular complexity index is 1090. The number of hydrogen-bond acceptors (Lipinski definition) is 3. The fourth-order valence-corrected chi connectivity index (χ4v) is 3.86. The Labute approximate surface area is 146 Å². The van der Waals surface area contributed by atoms with E-state index in [1.807, 2.05) is 50.2 Å². The molecule has 1 heterocycles. The number of nitrogens with one attached hydrogen (secondary N) is 2. The number of hydrogen-bond donors (Lipinski definition) is 2. The second-order valence-electron chi connectivity index (χ2n) is 6.28. The maximum absolute atomic E-state index is 12.3. The lowest BCUT2D eigenvalue weighted by molar-refractivity contribution is 0.580. The van der Waals surface area contributed by atoms with Gasteiger partial charge in [-0.1, -0.05) is 41.5 Å². The third-order valence-corrected chi connectivity index (χ3v) is 5.30. The van der Waals surface area contributed by atoms with Crippen LogP contribution in [0.25, 0.3) is 10.9 Å². The zero-order valence-electron chi connectivity index (χ0n) is 14.2. The van der Waals surface area contributed by atoms with E-state index in [1.165, 1.54) is 0 Å². The van der Waals surface area contributed by atoms with Crippen molar-refractivity contribution >= 4 is 20.9 Å². The van der Waals surface area contributed by atoms with Crippen molar-refractivity contribution in [2.75, 3.05) is 0 Å². The van der Waals surface area contributed by atoms with Crippen LogP contribution in [0.3, 0.4) is 0 Å². The monoisotopic (exact) mass is 356 g/mol. The molecule has 0 amide bonds. The molecule has 0 aliphatic rings. The Balaban J connectivity index is 1.79. The fourth-order valence-electron chi connectivity index (χ4n) is 2.76. The number of aromatic amines is 1. The smallest absolute Gasteiger partial charge is 0.252 e. The van der Waals surface area contributed by atoms with Crippen molar-refractivity contribution in [1.29, 1.82) is 0 Å². The summed E-state index contributed by atoms with van der Waals surface area (Å²) in [6.07, 6.45) is 0. The SMILES string of the molecule is Cc1cccc(CS(=O)(=O)NCc2cc3cc(C)ccc3[nH]c2=O)c1. The summed E-state index contributed by atoms with van der Waals surface area (Å²) >= 11 is 0. The van der Waals surface area contributed by atoms with Crippen molar-refractivity contribution in [2.24, 2.45) is 0 Å². The minimum Gasteiger partial charge on any atom is -0.322 e. The van der Waals surface area contributed by atoms with Crippen molar-refractivity contribution < 1.29 is 8.42 Å². The highest BCUT2D eigenvalue weighted by Gasteiger charge is 2.13. The van der Waals surface area contributed by atoms with Crippen molar-refractivity contribution in [1.82, 2.24) is 9.71 Å². The number of H-pyrrole nitrogens is 1. The summed E-state index contributed by atoms with van der Waals surface area (Å²) in [5.41, 5.74) is 3.65. The second-order valence-corrected chi connectivity index (χ2v) is 8.09. The highest BCUT2D eigenvalue weighted by atomic mass is 32.2. The first kappa shape index (κ1) is 17.4. The van der Waals surface area contributed by atoms with E-state index in [1.54, 1.807) is 12.1 Å². The van der Waals surface area contributed by atoms with Gasteiger partial charge in [0.05, 0.1) is 5.75 Å². The molecule has 0 bridgehead atoms. The minimum atomic E-state index is -3.53. The van der Waals surface area contributed by atoms with Gasteiger partial charge in [0.2, 0.25) is 10.0 Å². The Morgan fingerprint density at radius 1 is 1.00 bits per heavy atom. The number of benzene rings is 2. The third-order valence-electron chi connectivity index (χ3n) is 4.00. The Morgan fingerprint density at radius 2 is 1.76 bits per heavy atom. The molecule has 25 heavy (non-hydrogen) atoms. The molecule has 5 nitrogen and oxygen atoms in total. The van der Waals surface area contributed by atoms with E-state index in [4.69, 9.17) is 0 Å². The molecule has 0 saturated carbocycles. The van der Waals surface area contributed by atoms with Crippen LogP contribution in [0.4, 0.5) is 0 Å². The van der Waals surface area contributed by atoms with Crippen LogP contribution in [0.1, 0.15) is 22.3 Å². The summed E-state index contributed by atoms with van der Waals surface area (Å²) in [6, 6.07) is 14.8. The summed E-state index contributed by atoms with van der Waals surface area (Å²) in [5, 5.41) is 0.882. The molecular weight excluding hydrogens is 336 g/mol. The van der Waals surface area contributed by atoms with Crippen molar-refractivity contribution in [3.8, 4) is 0 Å². The van der Waals surface area contributed by atoms with Gasteiger partial charge in [-0.05, 0) is 43.0 Å². The largest absolute Gasteiger partial charge is 0.322 e. The number of fused-ring (bicyclic) bond motifs is 1. The van der Waals surface area contributed by atoms with Gasteiger partial charge in [-0.25, -0.2) is 13.1 Å². The molecule has 3 aromatic rings. The van der Waals surface area contributed by atoms with Gasteiger partial charge in [0.1, 0.15) is 0 Å². The molecule has 0 aliphatic heterocycles. The lowest BCUT2D eigenvalue weighted by Gasteiger charge is -2.08. The van der Waals surface area contributed by atoms with Crippen LogP contribution in [-0.2, 0) is 22.3 Å². The summed E-state index contributed by atoms with van der Waals surface area (Å²) < 4.78 is 27.1. The minimum absolute atomic E-state index is 0.0344. The van der Waals surface area contributed by atoms with Gasteiger partial charge >= 0.3 is 0 Å². The van der Waals surface area contributed by atoms with Crippen molar-refractivity contribution in [2.45, 2.75) is 26.1 Å². The summed E-state index contributed by atoms with van der Waals surface area (Å²) in [4.78, 5) is 14.9. The first-order valence-corrected chi connectivity index (χ1v) is 9.63. The fraction of sp³-hybridized carbons (Fsp3) is 0.211. The molecule has 2 N–H and O–H groups in total. The maximum atomic E-state index is 12.3. The highest BCUT2D eigenvalue weighted by Crippen LogP contribution is 2.13. The normalized spacial score (nSPS) is 11.8. The molecule has 0 saturated heterocycles. The molecular formula is C19H20N2O3S. The Morgan fingerprint density at radius 3 is 2.52 bits per heavy atom. The highest BCUT2D eigenvalue weighted by molar-refractivity contribution is 7.88. The molecule has 0 spiro atoms. The van der Waals surface area contributed by atoms with Crippen LogP contribution >= 0.6 is 0 Å². The number of pyridine rings is 1. The van der Waals surface area contributed by atoms with Gasteiger partial charge < -0.3 is 4.98 Å². The number of sulfonamides is 1. The predicted molar refractivity (Wildman–Crippen MR) is 99.9 cm³/mol. The Kier molecular flexibility index (Phi) is 4.74. The van der Waals surface area contributed by atoms with Crippen LogP contribution < -0.4 is 10.3 Å². The first-order chi connectivity index (χ1) is 11.8. The maximum Gasteiger partial charge on any atom is 0.252 e. The van der Waals surface area contributed by atoms with Gasteiger partial charge in [0, 0.05) is 17.6 Å². The Hall–Kier alpha value is -2.44. The van der Waals surface area contributed by atoms with Crippen LogP contribution in [0.2, 0.25) is 0 Å². The van der Waals surface area contributed by atoms with E-state index in [-0.39, 0.29) is 17.9 Å². The lowest BCUT2D eigenvalue weighted by Crippen LogP contribution is -2.28. The predicted octanol–water partition coefficient (Wildman–Crippen LogP) is 2.76. The van der Waals surface area contributed by atoms with Gasteiger partial charge in [-0.15, -0.1) is 0 Å². The molecule has 0 fully saturated rings. The van der Waals surface area contributed by atoms with Crippen molar-refractivity contribution in [3.05, 3.63) is 81.1 Å². The van der Waals surface area contributed by atoms with E-state index in [2.05, 4.69) is 9.71 Å². The van der Waals surface area contributed by atoms with E-state index < -0.39 is 10.0 Å². The lowest BCUT2D eigenvalue weighted by atomic mass is 10.1. The van der Waals surface area contributed by atoms with Crippen LogP contribution in [0.5, 0.6) is 0 Å². The molecule has 0 aliphatic carbocycles. The van der Waals surface area contributed by atoms with Crippen LogP contribution in [0, 0.1) is 13.8 Å². The third kappa shape index (κ3) is 4.35. The number of aryl methyl sites for hydroxylation is 2. The molecule has 0 radical (unpaired) electrons. The zero-order valence-corrected chi connectivity index (χ0v) is 15.0. The van der Waals surface area contributed by atoms with E-state index in [0.29, 0.717) is 5.56 Å². The van der Waals surface area contributed by atoms with Crippen LogP contribution in [-0.4, -0.2) is 13.4 Å². The second kappa shape index (κ2) is 6.82.